The minimum atomic E-state index is -0.376. The first-order chi connectivity index (χ1) is 14.6. The van der Waals surface area contributed by atoms with Crippen LogP contribution >= 0.6 is 0 Å². The van der Waals surface area contributed by atoms with Gasteiger partial charge in [0.25, 0.3) is 11.5 Å². The van der Waals surface area contributed by atoms with Crippen LogP contribution in [0.2, 0.25) is 0 Å². The van der Waals surface area contributed by atoms with E-state index >= 15 is 0 Å². The number of rotatable bonds is 3. The van der Waals surface area contributed by atoms with Crippen molar-refractivity contribution in [2.75, 3.05) is 36.4 Å². The van der Waals surface area contributed by atoms with Crippen LogP contribution in [0.5, 0.6) is 0 Å². The van der Waals surface area contributed by atoms with E-state index in [1.807, 2.05) is 12.1 Å². The van der Waals surface area contributed by atoms with Gasteiger partial charge in [0.15, 0.2) is 0 Å². The number of hydrogen-bond donors (Lipinski definition) is 3. The fourth-order valence-electron chi connectivity index (χ4n) is 3.82. The predicted octanol–water partition coefficient (Wildman–Crippen LogP) is 0.936. The molecule has 1 amide bonds. The molecule has 3 N–H and O–H groups in total. The number of fused-ring (bicyclic) bond motifs is 2. The molecule has 4 heterocycles. The number of H-pyrrole nitrogens is 1. The Hall–Kier alpha value is -3.79. The fourth-order valence-corrected chi connectivity index (χ4v) is 3.82. The summed E-state index contributed by atoms with van der Waals surface area (Å²) in [6, 6.07) is 5.57. The van der Waals surface area contributed by atoms with Crippen molar-refractivity contribution in [2.24, 2.45) is 0 Å². The smallest absolute Gasteiger partial charge is 0.293 e. The first-order valence-electron chi connectivity index (χ1n) is 9.70. The fraction of sp³-hybridized carbons (Fsp3) is 0.250. The largest absolute Gasteiger partial charge is 0.368 e. The van der Waals surface area contributed by atoms with Gasteiger partial charge in [-0.25, -0.2) is 4.98 Å². The van der Waals surface area contributed by atoms with Gasteiger partial charge in [0.05, 0.1) is 23.7 Å². The first kappa shape index (κ1) is 18.3. The van der Waals surface area contributed by atoms with E-state index in [9.17, 15) is 9.59 Å². The number of anilines is 2. The topological polar surface area (TPSA) is 120 Å². The summed E-state index contributed by atoms with van der Waals surface area (Å²) in [5.74, 6) is -0.0997. The van der Waals surface area contributed by atoms with Crippen LogP contribution in [0.4, 0.5) is 11.5 Å². The van der Waals surface area contributed by atoms with Crippen LogP contribution in [-0.4, -0.2) is 56.7 Å². The molecular formula is C20H20N8O2. The highest BCUT2D eigenvalue weighted by molar-refractivity contribution is 6.13. The highest BCUT2D eigenvalue weighted by atomic mass is 16.2. The van der Waals surface area contributed by atoms with Gasteiger partial charge in [-0.1, -0.05) is 0 Å². The normalized spacial score (nSPS) is 14.4. The van der Waals surface area contributed by atoms with Gasteiger partial charge in [-0.05, 0) is 25.1 Å². The minimum absolute atomic E-state index is 0.276. The number of nitrogens with zero attached hydrogens (tertiary/aromatic N) is 5. The molecule has 5 rings (SSSR count). The van der Waals surface area contributed by atoms with E-state index in [0.29, 0.717) is 16.8 Å². The molecule has 1 aliphatic rings. The Bertz CT molecular complexity index is 1320. The van der Waals surface area contributed by atoms with Crippen molar-refractivity contribution in [3.63, 3.8) is 0 Å². The lowest BCUT2D eigenvalue weighted by Crippen LogP contribution is -2.43. The molecule has 1 saturated heterocycles. The zero-order chi connectivity index (χ0) is 20.7. The van der Waals surface area contributed by atoms with Crippen molar-refractivity contribution < 1.29 is 4.79 Å². The third-order valence-electron chi connectivity index (χ3n) is 5.18. The number of carbonyl (C=O) groups excluding carboxylic acids is 1. The number of aryl methyl sites for hydroxylation is 1. The Balaban J connectivity index is 1.52. The average molecular weight is 404 g/mol. The number of hydrogen-bond acceptors (Lipinski definition) is 7. The lowest BCUT2D eigenvalue weighted by molar-refractivity contribution is 0.102. The Morgan fingerprint density at radius 3 is 2.83 bits per heavy atom. The van der Waals surface area contributed by atoms with Crippen LogP contribution in [0.3, 0.4) is 0 Å². The number of nitrogens with one attached hydrogen (secondary N) is 3. The molecule has 10 heteroatoms. The Morgan fingerprint density at radius 1 is 1.17 bits per heavy atom. The zero-order valence-electron chi connectivity index (χ0n) is 16.3. The Labute approximate surface area is 171 Å². The number of carbonyl (C=O) groups is 1. The molecule has 1 fully saturated rings. The summed E-state index contributed by atoms with van der Waals surface area (Å²) in [6.45, 7) is 5.39. The van der Waals surface area contributed by atoms with E-state index in [0.717, 1.165) is 37.3 Å². The van der Waals surface area contributed by atoms with Gasteiger partial charge < -0.3 is 20.5 Å². The van der Waals surface area contributed by atoms with E-state index in [4.69, 9.17) is 0 Å². The summed E-state index contributed by atoms with van der Waals surface area (Å²) in [7, 11) is 0. The van der Waals surface area contributed by atoms with Crippen LogP contribution < -0.4 is 21.1 Å². The van der Waals surface area contributed by atoms with Gasteiger partial charge in [-0.15, -0.1) is 5.10 Å². The second-order valence-electron chi connectivity index (χ2n) is 7.23. The van der Waals surface area contributed by atoms with Gasteiger partial charge in [0.2, 0.25) is 5.65 Å². The molecule has 152 valence electrons. The maximum atomic E-state index is 13.0. The molecule has 0 bridgehead atoms. The van der Waals surface area contributed by atoms with Crippen molar-refractivity contribution in [1.82, 2.24) is 29.9 Å². The summed E-state index contributed by atoms with van der Waals surface area (Å²) in [4.78, 5) is 34.4. The quantitative estimate of drug-likeness (QED) is 0.465. The van der Waals surface area contributed by atoms with Crippen LogP contribution in [0, 0.1) is 6.92 Å². The average Bonchev–Trinajstić information content (AvgIpc) is 3.14. The molecule has 0 spiro atoms. The Morgan fingerprint density at radius 2 is 2.00 bits per heavy atom. The maximum Gasteiger partial charge on any atom is 0.293 e. The van der Waals surface area contributed by atoms with Crippen LogP contribution in [0.1, 0.15) is 16.1 Å². The molecule has 0 atom stereocenters. The van der Waals surface area contributed by atoms with Crippen molar-refractivity contribution in [2.45, 2.75) is 6.92 Å². The van der Waals surface area contributed by atoms with Gasteiger partial charge in [0, 0.05) is 43.4 Å². The molecule has 4 aromatic rings. The molecule has 0 radical (unpaired) electrons. The summed E-state index contributed by atoms with van der Waals surface area (Å²) in [5, 5.41) is 15.2. The zero-order valence-corrected chi connectivity index (χ0v) is 16.3. The third kappa shape index (κ3) is 3.16. The lowest BCUT2D eigenvalue weighted by atomic mass is 10.1. The van der Waals surface area contributed by atoms with Crippen molar-refractivity contribution >= 4 is 34.0 Å². The summed E-state index contributed by atoms with van der Waals surface area (Å²) in [5.41, 5.74) is 2.56. The number of imidazole rings is 1. The predicted molar refractivity (Wildman–Crippen MR) is 113 cm³/mol. The molecule has 3 aromatic heterocycles. The van der Waals surface area contributed by atoms with Gasteiger partial charge >= 0.3 is 0 Å². The van der Waals surface area contributed by atoms with Gasteiger partial charge in [-0.3, -0.25) is 14.0 Å². The molecule has 0 saturated carbocycles. The number of aromatic nitrogens is 5. The SMILES string of the molecule is Cc1cn2cc(NC(=O)c3ccc(N4CCNCC4)c4ccnnc34)[nH]c(=O)c2n1. The number of piperazine rings is 1. The number of benzene rings is 1. The maximum absolute atomic E-state index is 13.0. The molecule has 10 nitrogen and oxygen atoms in total. The van der Waals surface area contributed by atoms with Crippen LogP contribution in [0.25, 0.3) is 16.6 Å². The van der Waals surface area contributed by atoms with Crippen molar-refractivity contribution in [3.8, 4) is 0 Å². The monoisotopic (exact) mass is 404 g/mol. The minimum Gasteiger partial charge on any atom is -0.368 e. The highest BCUT2D eigenvalue weighted by Crippen LogP contribution is 2.28. The van der Waals surface area contributed by atoms with Crippen molar-refractivity contribution in [1.29, 1.82) is 0 Å². The van der Waals surface area contributed by atoms with E-state index in [1.165, 1.54) is 0 Å². The third-order valence-corrected chi connectivity index (χ3v) is 5.18. The first-order valence-corrected chi connectivity index (χ1v) is 9.70. The summed E-state index contributed by atoms with van der Waals surface area (Å²) < 4.78 is 1.59. The van der Waals surface area contributed by atoms with Gasteiger partial charge in [0.1, 0.15) is 11.3 Å². The van der Waals surface area contributed by atoms with Crippen LogP contribution in [0.15, 0.2) is 41.6 Å². The van der Waals surface area contributed by atoms with E-state index in [2.05, 4.69) is 35.7 Å². The van der Waals surface area contributed by atoms with Crippen molar-refractivity contribution in [3.05, 3.63) is 58.4 Å². The molecular weight excluding hydrogens is 384 g/mol. The summed E-state index contributed by atoms with van der Waals surface area (Å²) >= 11 is 0. The van der Waals surface area contributed by atoms with E-state index in [-0.39, 0.29) is 22.9 Å². The summed E-state index contributed by atoms with van der Waals surface area (Å²) in [6.07, 6.45) is 4.98. The lowest BCUT2D eigenvalue weighted by Gasteiger charge is -2.30. The van der Waals surface area contributed by atoms with E-state index < -0.39 is 0 Å². The molecule has 1 aliphatic heterocycles. The van der Waals surface area contributed by atoms with Crippen LogP contribution in [-0.2, 0) is 0 Å². The highest BCUT2D eigenvalue weighted by Gasteiger charge is 2.19. The molecule has 1 aromatic carbocycles. The van der Waals surface area contributed by atoms with E-state index in [1.54, 1.807) is 36.0 Å². The Kier molecular flexibility index (Phi) is 4.40. The number of aromatic amines is 1. The standard InChI is InChI=1S/C20H20N8O2/c1-12-10-28-11-16(25-20(30)18(28)23-12)24-19(29)14-2-3-15(27-8-6-21-7-9-27)13-4-5-22-26-17(13)14/h2-5,10-11,21H,6-9H2,1H3,(H,24,29)(H,25,30). The second-order valence-corrected chi connectivity index (χ2v) is 7.23. The molecule has 30 heavy (non-hydrogen) atoms. The molecule has 0 unspecified atom stereocenters. The number of amides is 1. The van der Waals surface area contributed by atoms with Gasteiger partial charge in [-0.2, -0.15) is 5.10 Å². The molecule has 0 aliphatic carbocycles. The second kappa shape index (κ2) is 7.23.